The standard InChI is InChI=1S/C20H28N6O/c1-15(2)12-21-20(23-14-19(27)25(4)5)22-13-17-8-6-7-9-18(17)26-11-10-16(3)24-26/h6-11H,1,12-14H2,2-5H3,(H2,21,22,23). The predicted octanol–water partition coefficient (Wildman–Crippen LogP) is 1.88. The first kappa shape index (κ1) is 20.2. The number of para-hydroxylation sites is 1. The summed E-state index contributed by atoms with van der Waals surface area (Å²) in [5.74, 6) is 0.548. The number of amides is 1. The van der Waals surface area contributed by atoms with Crippen LogP contribution in [0.2, 0.25) is 0 Å². The third kappa shape index (κ3) is 6.29. The summed E-state index contributed by atoms with van der Waals surface area (Å²) in [5, 5.41) is 10.7. The molecule has 0 aliphatic heterocycles. The Balaban J connectivity index is 2.16. The molecule has 7 heteroatoms. The van der Waals surface area contributed by atoms with Crippen molar-refractivity contribution < 1.29 is 4.79 Å². The van der Waals surface area contributed by atoms with Crippen molar-refractivity contribution in [3.63, 3.8) is 0 Å². The number of hydrogen-bond acceptors (Lipinski definition) is 3. The Kier molecular flexibility index (Phi) is 7.16. The second kappa shape index (κ2) is 9.56. The van der Waals surface area contributed by atoms with Crippen LogP contribution in [-0.4, -0.2) is 53.7 Å². The van der Waals surface area contributed by atoms with Crippen molar-refractivity contribution in [2.45, 2.75) is 20.4 Å². The molecule has 2 aromatic rings. The Morgan fingerprint density at radius 1 is 1.22 bits per heavy atom. The number of carbonyl (C=O) groups excluding carboxylic acids is 1. The van der Waals surface area contributed by atoms with Crippen LogP contribution in [0.3, 0.4) is 0 Å². The van der Waals surface area contributed by atoms with Gasteiger partial charge < -0.3 is 15.5 Å². The molecule has 0 aliphatic carbocycles. The fourth-order valence-electron chi connectivity index (χ4n) is 2.31. The second-order valence-electron chi connectivity index (χ2n) is 6.65. The summed E-state index contributed by atoms with van der Waals surface area (Å²) >= 11 is 0. The molecule has 0 saturated heterocycles. The molecule has 0 radical (unpaired) electrons. The number of guanidine groups is 1. The lowest BCUT2D eigenvalue weighted by Gasteiger charge is -2.15. The van der Waals surface area contributed by atoms with Crippen LogP contribution < -0.4 is 10.6 Å². The summed E-state index contributed by atoms with van der Waals surface area (Å²) < 4.78 is 1.85. The minimum Gasteiger partial charge on any atom is -0.353 e. The lowest BCUT2D eigenvalue weighted by atomic mass is 10.2. The average Bonchev–Trinajstić information content (AvgIpc) is 3.07. The summed E-state index contributed by atoms with van der Waals surface area (Å²) in [6.07, 6.45) is 1.94. The van der Waals surface area contributed by atoms with Gasteiger partial charge in [0, 0.05) is 26.8 Å². The molecule has 0 atom stereocenters. The molecule has 2 N–H and O–H groups in total. The number of benzene rings is 1. The van der Waals surface area contributed by atoms with E-state index in [0.717, 1.165) is 22.5 Å². The van der Waals surface area contributed by atoms with Crippen LogP contribution in [0.5, 0.6) is 0 Å². The minimum absolute atomic E-state index is 0.0211. The van der Waals surface area contributed by atoms with Crippen molar-refractivity contribution in [2.75, 3.05) is 27.2 Å². The van der Waals surface area contributed by atoms with Gasteiger partial charge in [-0.2, -0.15) is 5.10 Å². The molecule has 0 aliphatic rings. The molecule has 1 heterocycles. The van der Waals surface area contributed by atoms with E-state index in [2.05, 4.69) is 27.3 Å². The number of rotatable bonds is 7. The first-order chi connectivity index (χ1) is 12.9. The molecule has 0 saturated carbocycles. The summed E-state index contributed by atoms with van der Waals surface area (Å²) in [7, 11) is 3.45. The zero-order chi connectivity index (χ0) is 19.8. The van der Waals surface area contributed by atoms with Gasteiger partial charge in [-0.1, -0.05) is 30.4 Å². The number of hydrogen-bond donors (Lipinski definition) is 2. The van der Waals surface area contributed by atoms with Crippen LogP contribution in [0, 0.1) is 6.92 Å². The Morgan fingerprint density at radius 3 is 2.56 bits per heavy atom. The Hall–Kier alpha value is -3.09. The molecule has 0 unspecified atom stereocenters. The van der Waals surface area contributed by atoms with E-state index in [9.17, 15) is 4.79 Å². The summed E-state index contributed by atoms with van der Waals surface area (Å²) in [6, 6.07) is 9.97. The lowest BCUT2D eigenvalue weighted by Crippen LogP contribution is -2.43. The van der Waals surface area contributed by atoms with E-state index < -0.39 is 0 Å². The fourth-order valence-corrected chi connectivity index (χ4v) is 2.31. The molecule has 1 aromatic heterocycles. The van der Waals surface area contributed by atoms with E-state index in [0.29, 0.717) is 19.0 Å². The molecule has 7 nitrogen and oxygen atoms in total. The van der Waals surface area contributed by atoms with Gasteiger partial charge in [0.15, 0.2) is 5.96 Å². The largest absolute Gasteiger partial charge is 0.353 e. The number of aromatic nitrogens is 2. The Morgan fingerprint density at radius 2 is 1.93 bits per heavy atom. The molecule has 0 spiro atoms. The van der Waals surface area contributed by atoms with Gasteiger partial charge in [0.2, 0.25) is 5.91 Å². The molecule has 27 heavy (non-hydrogen) atoms. The quantitative estimate of drug-likeness (QED) is 0.445. The summed E-state index contributed by atoms with van der Waals surface area (Å²) in [4.78, 5) is 18.0. The summed E-state index contributed by atoms with van der Waals surface area (Å²) in [5.41, 5.74) is 3.96. The number of nitrogens with zero attached hydrogens (tertiary/aromatic N) is 4. The van der Waals surface area contributed by atoms with Crippen LogP contribution >= 0.6 is 0 Å². The maximum absolute atomic E-state index is 11.9. The molecular formula is C20H28N6O. The third-order valence-electron chi connectivity index (χ3n) is 3.83. The molecule has 1 aromatic carbocycles. The Bertz CT molecular complexity index is 821. The van der Waals surface area contributed by atoms with Gasteiger partial charge in [-0.25, -0.2) is 9.67 Å². The Labute approximate surface area is 160 Å². The zero-order valence-corrected chi connectivity index (χ0v) is 16.5. The number of nitrogens with one attached hydrogen (secondary N) is 2. The minimum atomic E-state index is -0.0211. The van der Waals surface area contributed by atoms with Gasteiger partial charge in [-0.15, -0.1) is 0 Å². The highest BCUT2D eigenvalue weighted by Crippen LogP contribution is 2.15. The lowest BCUT2D eigenvalue weighted by molar-refractivity contribution is -0.127. The topological polar surface area (TPSA) is 74.5 Å². The highest BCUT2D eigenvalue weighted by atomic mass is 16.2. The van der Waals surface area contributed by atoms with E-state index in [4.69, 9.17) is 0 Å². The molecule has 1 amide bonds. The first-order valence-electron chi connectivity index (χ1n) is 8.84. The van der Waals surface area contributed by atoms with Gasteiger partial charge in [0.25, 0.3) is 0 Å². The van der Waals surface area contributed by atoms with Crippen molar-refractivity contribution in [2.24, 2.45) is 4.99 Å². The first-order valence-corrected chi connectivity index (χ1v) is 8.84. The molecular weight excluding hydrogens is 340 g/mol. The van der Waals surface area contributed by atoms with Crippen LogP contribution in [0.25, 0.3) is 5.69 Å². The monoisotopic (exact) mass is 368 g/mol. The van der Waals surface area contributed by atoms with Crippen molar-refractivity contribution in [1.29, 1.82) is 0 Å². The normalized spacial score (nSPS) is 11.2. The molecule has 0 fully saturated rings. The summed E-state index contributed by atoms with van der Waals surface area (Å²) in [6.45, 7) is 9.01. The van der Waals surface area contributed by atoms with E-state index in [-0.39, 0.29) is 12.5 Å². The fraction of sp³-hybridized carbons (Fsp3) is 0.350. The van der Waals surface area contributed by atoms with Crippen molar-refractivity contribution in [3.05, 3.63) is 59.9 Å². The van der Waals surface area contributed by atoms with Crippen LogP contribution in [0.1, 0.15) is 18.2 Å². The maximum atomic E-state index is 11.9. The van der Waals surface area contributed by atoms with E-state index in [1.165, 1.54) is 0 Å². The SMILES string of the molecule is C=C(C)CNC(=NCc1ccccc1-n1ccc(C)n1)NCC(=O)N(C)C. The highest BCUT2D eigenvalue weighted by molar-refractivity contribution is 5.86. The molecule has 2 rings (SSSR count). The van der Waals surface area contributed by atoms with Crippen LogP contribution in [0.15, 0.2) is 53.7 Å². The van der Waals surface area contributed by atoms with Gasteiger partial charge in [-0.3, -0.25) is 4.79 Å². The zero-order valence-electron chi connectivity index (χ0n) is 16.5. The number of likely N-dealkylation sites (N-methyl/N-ethyl adjacent to an activating group) is 1. The van der Waals surface area contributed by atoms with Crippen molar-refractivity contribution in [1.82, 2.24) is 25.3 Å². The predicted molar refractivity (Wildman–Crippen MR) is 109 cm³/mol. The van der Waals surface area contributed by atoms with E-state index in [1.54, 1.807) is 19.0 Å². The van der Waals surface area contributed by atoms with E-state index >= 15 is 0 Å². The number of carbonyl (C=O) groups is 1. The third-order valence-corrected chi connectivity index (χ3v) is 3.83. The number of aryl methyl sites for hydroxylation is 1. The average molecular weight is 368 g/mol. The maximum Gasteiger partial charge on any atom is 0.241 e. The number of aliphatic imine (C=N–C) groups is 1. The highest BCUT2D eigenvalue weighted by Gasteiger charge is 2.08. The van der Waals surface area contributed by atoms with Gasteiger partial charge >= 0.3 is 0 Å². The van der Waals surface area contributed by atoms with Gasteiger partial charge in [0.05, 0.1) is 24.5 Å². The van der Waals surface area contributed by atoms with Crippen molar-refractivity contribution in [3.8, 4) is 5.69 Å². The second-order valence-corrected chi connectivity index (χ2v) is 6.65. The van der Waals surface area contributed by atoms with Crippen molar-refractivity contribution >= 4 is 11.9 Å². The van der Waals surface area contributed by atoms with Gasteiger partial charge in [-0.05, 0) is 31.5 Å². The molecule has 144 valence electrons. The van der Waals surface area contributed by atoms with Crippen LogP contribution in [0.4, 0.5) is 0 Å². The molecule has 0 bridgehead atoms. The van der Waals surface area contributed by atoms with Gasteiger partial charge in [0.1, 0.15) is 0 Å². The van der Waals surface area contributed by atoms with Crippen LogP contribution in [-0.2, 0) is 11.3 Å². The smallest absolute Gasteiger partial charge is 0.241 e. The van der Waals surface area contributed by atoms with E-state index in [1.807, 2.05) is 55.1 Å².